The average molecular weight is 500 g/mol. The molecule has 0 atom stereocenters. The smallest absolute Gasteiger partial charge is 0.348 e. The third-order valence-corrected chi connectivity index (χ3v) is 7.23. The quantitative estimate of drug-likeness (QED) is 0.460. The summed E-state index contributed by atoms with van der Waals surface area (Å²) in [4.78, 5) is 40.4. The number of anilines is 1. The van der Waals surface area contributed by atoms with Crippen molar-refractivity contribution in [3.05, 3.63) is 63.7 Å². The summed E-state index contributed by atoms with van der Waals surface area (Å²) in [5.74, 6) is -1.29. The highest BCUT2D eigenvalue weighted by Gasteiger charge is 2.23. The molecule has 4 rings (SSSR count). The summed E-state index contributed by atoms with van der Waals surface area (Å²) in [6, 6.07) is 14.9. The predicted octanol–water partition coefficient (Wildman–Crippen LogP) is 3.54. The number of nitrogens with zero attached hydrogens (tertiary/aromatic N) is 1. The number of urea groups is 1. The summed E-state index contributed by atoms with van der Waals surface area (Å²) >= 11 is 2.93. The maximum atomic E-state index is 12.7. The van der Waals surface area contributed by atoms with E-state index in [2.05, 4.69) is 15.5 Å². The first-order valence-corrected chi connectivity index (χ1v) is 12.6. The molecule has 3 aromatic rings. The van der Waals surface area contributed by atoms with Crippen molar-refractivity contribution < 1.29 is 23.9 Å². The van der Waals surface area contributed by atoms with Gasteiger partial charge in [-0.3, -0.25) is 10.1 Å². The van der Waals surface area contributed by atoms with Gasteiger partial charge in [-0.25, -0.2) is 9.59 Å². The summed E-state index contributed by atoms with van der Waals surface area (Å²) < 4.78 is 10.6. The fraction of sp³-hybridized carbons (Fsp3) is 0.292. The van der Waals surface area contributed by atoms with Crippen LogP contribution < -0.4 is 15.5 Å². The highest BCUT2D eigenvalue weighted by atomic mass is 32.1. The highest BCUT2D eigenvalue weighted by molar-refractivity contribution is 7.18. The lowest BCUT2D eigenvalue weighted by Crippen LogP contribution is -2.42. The van der Waals surface area contributed by atoms with Gasteiger partial charge in [0.05, 0.1) is 18.2 Å². The molecule has 0 unspecified atom stereocenters. The van der Waals surface area contributed by atoms with Gasteiger partial charge in [-0.15, -0.1) is 22.7 Å². The van der Waals surface area contributed by atoms with E-state index in [1.165, 1.54) is 11.3 Å². The van der Waals surface area contributed by atoms with Crippen molar-refractivity contribution in [2.75, 3.05) is 44.4 Å². The van der Waals surface area contributed by atoms with Gasteiger partial charge in [-0.1, -0.05) is 36.4 Å². The van der Waals surface area contributed by atoms with Gasteiger partial charge in [0.2, 0.25) is 0 Å². The number of ether oxygens (including phenoxy) is 2. The van der Waals surface area contributed by atoms with E-state index in [0.29, 0.717) is 31.1 Å². The van der Waals surface area contributed by atoms with Crippen LogP contribution in [0.2, 0.25) is 0 Å². The Labute approximate surface area is 205 Å². The second-order valence-corrected chi connectivity index (χ2v) is 9.57. The highest BCUT2D eigenvalue weighted by Crippen LogP contribution is 2.39. The zero-order chi connectivity index (χ0) is 23.8. The molecule has 0 bridgehead atoms. The molecule has 178 valence electrons. The Morgan fingerprint density at radius 3 is 2.59 bits per heavy atom. The number of benzene rings is 1. The number of amides is 3. The molecule has 2 N–H and O–H groups in total. The fourth-order valence-electron chi connectivity index (χ4n) is 3.47. The molecule has 0 radical (unpaired) electrons. The van der Waals surface area contributed by atoms with Crippen LogP contribution in [0, 0.1) is 0 Å². The minimum absolute atomic E-state index is 0.397. The van der Waals surface area contributed by atoms with Gasteiger partial charge in [-0.2, -0.15) is 0 Å². The maximum absolute atomic E-state index is 12.7. The third kappa shape index (κ3) is 6.43. The molecule has 0 spiro atoms. The van der Waals surface area contributed by atoms with Crippen molar-refractivity contribution in [3.8, 4) is 11.1 Å². The van der Waals surface area contributed by atoms with E-state index < -0.39 is 24.5 Å². The van der Waals surface area contributed by atoms with Crippen molar-refractivity contribution in [1.29, 1.82) is 0 Å². The van der Waals surface area contributed by atoms with E-state index >= 15 is 0 Å². The molecule has 10 heteroatoms. The van der Waals surface area contributed by atoms with E-state index in [0.717, 1.165) is 34.1 Å². The number of carbonyl (C=O) groups is 3. The number of rotatable bonds is 8. The Bertz CT molecular complexity index is 1110. The molecule has 3 amide bonds. The SMILES string of the molecule is O=C(COC(=O)c1cc(-c2ccccc2)c(N2CCOCC2)s1)NC(=O)NCCc1cccs1. The van der Waals surface area contributed by atoms with Gasteiger partial charge in [0.1, 0.15) is 4.88 Å². The van der Waals surface area contributed by atoms with Gasteiger partial charge in [0, 0.05) is 30.1 Å². The van der Waals surface area contributed by atoms with Crippen LogP contribution in [-0.2, 0) is 20.7 Å². The molecule has 0 saturated carbocycles. The lowest BCUT2D eigenvalue weighted by atomic mass is 10.1. The Hall–Kier alpha value is -3.21. The number of hydrogen-bond donors (Lipinski definition) is 2. The largest absolute Gasteiger partial charge is 0.451 e. The summed E-state index contributed by atoms with van der Waals surface area (Å²) in [5, 5.41) is 7.73. The van der Waals surface area contributed by atoms with Crippen LogP contribution in [0.4, 0.5) is 9.80 Å². The number of imide groups is 1. The number of hydrogen-bond acceptors (Lipinski definition) is 8. The molecule has 1 fully saturated rings. The first-order chi connectivity index (χ1) is 16.6. The van der Waals surface area contributed by atoms with E-state index in [9.17, 15) is 14.4 Å². The molecule has 2 aromatic heterocycles. The van der Waals surface area contributed by atoms with E-state index in [1.807, 2.05) is 47.8 Å². The lowest BCUT2D eigenvalue weighted by molar-refractivity contribution is -0.123. The molecule has 1 saturated heterocycles. The van der Waals surface area contributed by atoms with Crippen molar-refractivity contribution in [2.24, 2.45) is 0 Å². The topological polar surface area (TPSA) is 97.0 Å². The lowest BCUT2D eigenvalue weighted by Gasteiger charge is -2.28. The van der Waals surface area contributed by atoms with E-state index in [1.54, 1.807) is 17.4 Å². The standard InChI is InChI=1S/C24H25N3O5S2/c28-21(26-24(30)25-9-8-18-7-4-14-33-18)16-32-23(29)20-15-19(17-5-2-1-3-6-17)22(34-20)27-10-12-31-13-11-27/h1-7,14-15H,8-13,16H2,(H2,25,26,28,30). The molecular weight excluding hydrogens is 474 g/mol. The van der Waals surface area contributed by atoms with Crippen molar-refractivity contribution in [2.45, 2.75) is 6.42 Å². The molecule has 1 aliphatic rings. The number of esters is 1. The minimum atomic E-state index is -0.685. The van der Waals surface area contributed by atoms with E-state index in [-0.39, 0.29) is 0 Å². The first kappa shape index (κ1) is 23.9. The Morgan fingerprint density at radius 1 is 1.06 bits per heavy atom. The molecule has 0 aliphatic carbocycles. The van der Waals surface area contributed by atoms with Gasteiger partial charge in [0.15, 0.2) is 6.61 Å². The van der Waals surface area contributed by atoms with Crippen LogP contribution in [0.1, 0.15) is 14.5 Å². The maximum Gasteiger partial charge on any atom is 0.348 e. The number of nitrogens with one attached hydrogen (secondary N) is 2. The van der Waals surface area contributed by atoms with Crippen LogP contribution in [0.25, 0.3) is 11.1 Å². The molecule has 1 aliphatic heterocycles. The van der Waals surface area contributed by atoms with E-state index in [4.69, 9.17) is 9.47 Å². The summed E-state index contributed by atoms with van der Waals surface area (Å²) in [5.41, 5.74) is 1.94. The Balaban J connectivity index is 1.32. The van der Waals surface area contributed by atoms with Crippen LogP contribution in [0.5, 0.6) is 0 Å². The Morgan fingerprint density at radius 2 is 1.85 bits per heavy atom. The normalized spacial score (nSPS) is 13.4. The second-order valence-electron chi connectivity index (χ2n) is 7.50. The number of thiophene rings is 2. The first-order valence-electron chi connectivity index (χ1n) is 10.9. The molecule has 3 heterocycles. The number of carbonyl (C=O) groups excluding carboxylic acids is 3. The number of morpholine rings is 1. The molecular formula is C24H25N3O5S2. The van der Waals surface area contributed by atoms with Crippen molar-refractivity contribution in [3.63, 3.8) is 0 Å². The third-order valence-electron chi connectivity index (χ3n) is 5.12. The van der Waals surface area contributed by atoms with Gasteiger partial charge < -0.3 is 19.7 Å². The molecule has 34 heavy (non-hydrogen) atoms. The monoisotopic (exact) mass is 499 g/mol. The summed E-state index contributed by atoms with van der Waals surface area (Å²) in [6.45, 7) is 2.59. The van der Waals surface area contributed by atoms with Crippen molar-refractivity contribution >= 4 is 45.6 Å². The fourth-order valence-corrected chi connectivity index (χ4v) is 5.31. The van der Waals surface area contributed by atoms with Gasteiger partial charge in [0.25, 0.3) is 5.91 Å². The van der Waals surface area contributed by atoms with Gasteiger partial charge >= 0.3 is 12.0 Å². The summed E-state index contributed by atoms with van der Waals surface area (Å²) in [7, 11) is 0. The molecule has 8 nitrogen and oxygen atoms in total. The van der Waals surface area contributed by atoms with Crippen LogP contribution in [0.3, 0.4) is 0 Å². The van der Waals surface area contributed by atoms with Gasteiger partial charge in [-0.05, 0) is 29.5 Å². The zero-order valence-electron chi connectivity index (χ0n) is 18.5. The Kier molecular flexibility index (Phi) is 8.29. The average Bonchev–Trinajstić information content (AvgIpc) is 3.54. The summed E-state index contributed by atoms with van der Waals surface area (Å²) in [6.07, 6.45) is 0.682. The van der Waals surface area contributed by atoms with Crippen LogP contribution in [-0.4, -0.2) is 57.4 Å². The van der Waals surface area contributed by atoms with Crippen LogP contribution >= 0.6 is 22.7 Å². The van der Waals surface area contributed by atoms with Crippen molar-refractivity contribution in [1.82, 2.24) is 10.6 Å². The molecule has 1 aromatic carbocycles. The van der Waals surface area contributed by atoms with Crippen LogP contribution in [0.15, 0.2) is 53.9 Å². The second kappa shape index (κ2) is 11.8. The minimum Gasteiger partial charge on any atom is -0.451 e. The zero-order valence-corrected chi connectivity index (χ0v) is 20.1. The predicted molar refractivity (Wildman–Crippen MR) is 133 cm³/mol.